The van der Waals surface area contributed by atoms with E-state index in [0.717, 1.165) is 19.5 Å². The molecule has 1 amide bonds. The van der Waals surface area contributed by atoms with Gasteiger partial charge in [-0.1, -0.05) is 6.92 Å². The number of carbonyl (C=O) groups is 1. The van der Waals surface area contributed by atoms with Crippen LogP contribution in [0.1, 0.15) is 57.7 Å². The first-order valence-electron chi connectivity index (χ1n) is 7.77. The Hall–Kier alpha value is -1.32. The lowest BCUT2D eigenvalue weighted by Gasteiger charge is -2.22. The third-order valence-corrected chi connectivity index (χ3v) is 4.74. The van der Waals surface area contributed by atoms with E-state index in [1.54, 1.807) is 0 Å². The maximum absolute atomic E-state index is 11.9. The quantitative estimate of drug-likeness (QED) is 0.790. The van der Waals surface area contributed by atoms with Gasteiger partial charge in [0.05, 0.1) is 11.2 Å². The molecule has 0 bridgehead atoms. The molecule has 0 saturated carbocycles. The van der Waals surface area contributed by atoms with Crippen LogP contribution in [0, 0.1) is 5.92 Å². The van der Waals surface area contributed by atoms with Gasteiger partial charge in [-0.05, 0) is 45.1 Å². The second kappa shape index (κ2) is 4.61. The van der Waals surface area contributed by atoms with Crippen molar-refractivity contribution in [1.29, 1.82) is 0 Å². The average molecular weight is 275 g/mol. The third kappa shape index (κ3) is 2.15. The van der Waals surface area contributed by atoms with Crippen LogP contribution in [-0.2, 0) is 16.8 Å². The van der Waals surface area contributed by atoms with Crippen LogP contribution >= 0.6 is 0 Å². The lowest BCUT2D eigenvalue weighted by molar-refractivity contribution is -0.129. The largest absolute Gasteiger partial charge is 0.342 e. The highest BCUT2D eigenvalue weighted by Gasteiger charge is 2.41. The molecule has 3 rings (SSSR count). The van der Waals surface area contributed by atoms with Crippen molar-refractivity contribution >= 4 is 5.91 Å². The van der Waals surface area contributed by atoms with Crippen molar-refractivity contribution < 1.29 is 4.79 Å². The summed E-state index contributed by atoms with van der Waals surface area (Å²) in [7, 11) is 0. The van der Waals surface area contributed by atoms with Crippen molar-refractivity contribution in [2.45, 2.75) is 58.4 Å². The fourth-order valence-electron chi connectivity index (χ4n) is 3.51. The first-order chi connectivity index (χ1) is 9.40. The molecule has 4 heteroatoms. The molecule has 2 aliphatic rings. The van der Waals surface area contributed by atoms with Gasteiger partial charge in [0, 0.05) is 31.6 Å². The molecule has 2 atom stereocenters. The first-order valence-corrected chi connectivity index (χ1v) is 7.77. The van der Waals surface area contributed by atoms with E-state index in [0.29, 0.717) is 18.3 Å². The minimum Gasteiger partial charge on any atom is -0.342 e. The van der Waals surface area contributed by atoms with Gasteiger partial charge in [0.1, 0.15) is 0 Å². The van der Waals surface area contributed by atoms with Crippen LogP contribution in [0.2, 0.25) is 0 Å². The van der Waals surface area contributed by atoms with Crippen molar-refractivity contribution in [3.63, 3.8) is 0 Å². The second-order valence-corrected chi connectivity index (χ2v) is 7.21. The molecule has 1 saturated heterocycles. The molecule has 0 unspecified atom stereocenters. The van der Waals surface area contributed by atoms with Crippen LogP contribution in [0.3, 0.4) is 0 Å². The molecular weight excluding hydrogens is 250 g/mol. The molecule has 1 aromatic rings. The zero-order valence-corrected chi connectivity index (χ0v) is 13.0. The van der Waals surface area contributed by atoms with Gasteiger partial charge in [-0.3, -0.25) is 9.48 Å². The van der Waals surface area contributed by atoms with Crippen LogP contribution in [0.5, 0.6) is 0 Å². The summed E-state index contributed by atoms with van der Waals surface area (Å²) in [6, 6.07) is 0. The van der Waals surface area contributed by atoms with Gasteiger partial charge >= 0.3 is 0 Å². The van der Waals surface area contributed by atoms with E-state index < -0.39 is 0 Å². The molecule has 110 valence electrons. The van der Waals surface area contributed by atoms with Gasteiger partial charge < -0.3 is 4.90 Å². The monoisotopic (exact) mass is 275 g/mol. The number of amides is 1. The van der Waals surface area contributed by atoms with Crippen LogP contribution in [0.25, 0.3) is 0 Å². The predicted molar refractivity (Wildman–Crippen MR) is 78.6 cm³/mol. The van der Waals surface area contributed by atoms with Crippen LogP contribution < -0.4 is 0 Å². The van der Waals surface area contributed by atoms with Gasteiger partial charge in [0.25, 0.3) is 0 Å². The fraction of sp³-hybridized carbons (Fsp3) is 0.750. The summed E-state index contributed by atoms with van der Waals surface area (Å²) in [5.74, 6) is 1.36. The van der Waals surface area contributed by atoms with Crippen molar-refractivity contribution in [2.75, 3.05) is 13.1 Å². The van der Waals surface area contributed by atoms with Gasteiger partial charge in [-0.2, -0.15) is 5.10 Å². The number of rotatable bonds is 1. The van der Waals surface area contributed by atoms with Crippen molar-refractivity contribution in [2.24, 2.45) is 5.92 Å². The minimum absolute atomic E-state index is 0.0321. The Morgan fingerprint density at radius 3 is 2.80 bits per heavy atom. The van der Waals surface area contributed by atoms with Crippen molar-refractivity contribution in [3.8, 4) is 0 Å². The highest BCUT2D eigenvalue weighted by molar-refractivity contribution is 5.76. The normalized spacial score (nSPS) is 25.5. The lowest BCUT2D eigenvalue weighted by atomic mass is 9.81. The summed E-state index contributed by atoms with van der Waals surface area (Å²) in [6.07, 6.45) is 5.14. The molecule has 0 N–H and O–H groups in total. The number of aromatic nitrogens is 2. The van der Waals surface area contributed by atoms with E-state index >= 15 is 0 Å². The molecule has 20 heavy (non-hydrogen) atoms. The van der Waals surface area contributed by atoms with E-state index in [1.807, 2.05) is 11.8 Å². The van der Waals surface area contributed by atoms with E-state index in [1.165, 1.54) is 17.7 Å². The standard InChI is InChI=1S/C16H25N3O/c1-5-14(20)18-8-11-6-7-12-9-19(16(2,3)4)17-15(12)13(11)10-18/h9,11,13H,5-8,10H2,1-4H3/t11-,13+/m1/s1. The Kier molecular flexibility index (Phi) is 3.14. The molecule has 0 aromatic carbocycles. The number of hydrogen-bond acceptors (Lipinski definition) is 2. The Bertz CT molecular complexity index is 526. The van der Waals surface area contributed by atoms with Gasteiger partial charge in [0.15, 0.2) is 0 Å². The maximum Gasteiger partial charge on any atom is 0.222 e. The minimum atomic E-state index is 0.0321. The number of fused-ring (bicyclic) bond motifs is 3. The highest BCUT2D eigenvalue weighted by atomic mass is 16.2. The summed E-state index contributed by atoms with van der Waals surface area (Å²) in [4.78, 5) is 14.0. The van der Waals surface area contributed by atoms with Crippen LogP contribution in [-0.4, -0.2) is 33.7 Å². The second-order valence-electron chi connectivity index (χ2n) is 7.21. The van der Waals surface area contributed by atoms with E-state index in [9.17, 15) is 4.79 Å². The fourth-order valence-corrected chi connectivity index (χ4v) is 3.51. The molecule has 2 heterocycles. The third-order valence-electron chi connectivity index (χ3n) is 4.74. The molecule has 1 aliphatic carbocycles. The predicted octanol–water partition coefficient (Wildman–Crippen LogP) is 2.54. The van der Waals surface area contributed by atoms with Gasteiger partial charge in [0.2, 0.25) is 5.91 Å². The number of aryl methyl sites for hydroxylation is 1. The summed E-state index contributed by atoms with van der Waals surface area (Å²) in [6.45, 7) is 10.3. The number of hydrogen-bond donors (Lipinski definition) is 0. The highest BCUT2D eigenvalue weighted by Crippen LogP contribution is 2.41. The van der Waals surface area contributed by atoms with Gasteiger partial charge in [-0.25, -0.2) is 0 Å². The molecule has 1 fully saturated rings. The van der Waals surface area contributed by atoms with Crippen molar-refractivity contribution in [1.82, 2.24) is 14.7 Å². The number of likely N-dealkylation sites (tertiary alicyclic amines) is 1. The zero-order chi connectivity index (χ0) is 14.5. The summed E-state index contributed by atoms with van der Waals surface area (Å²) in [5, 5.41) is 4.86. The van der Waals surface area contributed by atoms with Crippen LogP contribution in [0.15, 0.2) is 6.20 Å². The first kappa shape index (κ1) is 13.7. The average Bonchev–Trinajstić information content (AvgIpc) is 2.99. The van der Waals surface area contributed by atoms with E-state index in [-0.39, 0.29) is 11.4 Å². The Morgan fingerprint density at radius 1 is 1.40 bits per heavy atom. The maximum atomic E-state index is 11.9. The topological polar surface area (TPSA) is 38.1 Å². The molecular formula is C16H25N3O. The number of carbonyl (C=O) groups excluding carboxylic acids is 1. The lowest BCUT2D eigenvalue weighted by Crippen LogP contribution is -2.28. The molecule has 0 radical (unpaired) electrons. The molecule has 4 nitrogen and oxygen atoms in total. The Morgan fingerprint density at radius 2 is 2.15 bits per heavy atom. The van der Waals surface area contributed by atoms with Gasteiger partial charge in [-0.15, -0.1) is 0 Å². The molecule has 1 aromatic heterocycles. The SMILES string of the molecule is CCC(=O)N1C[C@H]2CCc3cn(C(C)(C)C)nc3[C@H]2C1. The van der Waals surface area contributed by atoms with Crippen LogP contribution in [0.4, 0.5) is 0 Å². The molecule has 1 aliphatic heterocycles. The summed E-state index contributed by atoms with van der Waals surface area (Å²) >= 11 is 0. The van der Waals surface area contributed by atoms with E-state index in [2.05, 4.69) is 31.6 Å². The number of nitrogens with zero attached hydrogens (tertiary/aromatic N) is 3. The van der Waals surface area contributed by atoms with E-state index in [4.69, 9.17) is 5.10 Å². The molecule has 0 spiro atoms. The smallest absolute Gasteiger partial charge is 0.222 e. The Labute approximate surface area is 121 Å². The zero-order valence-electron chi connectivity index (χ0n) is 13.0. The van der Waals surface area contributed by atoms with Crippen molar-refractivity contribution in [3.05, 3.63) is 17.5 Å². The summed E-state index contributed by atoms with van der Waals surface area (Å²) in [5.41, 5.74) is 2.68. The summed E-state index contributed by atoms with van der Waals surface area (Å²) < 4.78 is 2.10. The Balaban J connectivity index is 1.88.